The number of rotatable bonds is 28. The number of ether oxygens (including phenoxy) is 5. The summed E-state index contributed by atoms with van der Waals surface area (Å²) >= 11 is 0. The lowest BCUT2D eigenvalue weighted by Crippen LogP contribution is -2.57. The number of benzene rings is 2. The predicted octanol–water partition coefficient (Wildman–Crippen LogP) is 4.43. The number of hydrogen-bond donors (Lipinski definition) is 8. The van der Waals surface area contributed by atoms with Crippen LogP contribution in [0.5, 0.6) is 23.0 Å². The Labute approximate surface area is 486 Å². The Balaban J connectivity index is 1.04. The number of carbonyl (C=O) groups is 8. The maximum Gasteiger partial charge on any atom is 0.243 e. The lowest BCUT2D eigenvalue weighted by Gasteiger charge is -2.28. The zero-order valence-electron chi connectivity index (χ0n) is 48.9. The van der Waals surface area contributed by atoms with Crippen molar-refractivity contribution < 1.29 is 72.3 Å². The van der Waals surface area contributed by atoms with Crippen LogP contribution in [0, 0.1) is 17.8 Å². The van der Waals surface area contributed by atoms with Gasteiger partial charge in [-0.3, -0.25) is 38.4 Å². The standard InChI is InChI=1S/C62H86N6O15/c1-35(63-57(75)41-17-21-43(69)22-18-41)55(73)67-47(59(77)65-45(27-37-11-7-8-12-37)53(71)61(3)33-81-61)29-39-15-25-49(79-5)51(31-39)83-52-32-40(16-26-50(52)80-6)30-48(68-56(74)36(2)64-58(76)42-19-23-44(70)24-20-42)60(78)66-46(28-38-13-9-10-14-38)54(72)62(4)34-82-62/h11,15-16,25-26,31-32,35-36,38,41-48,69-70H,7-10,12-14,17-24,27-30,33-34H2,1-6H3,(H,63,75)(H,64,76)(H,65,77)(H,66,78)(H,67,73)(H,68,74). The topological polar surface area (TPSA) is 302 Å². The highest BCUT2D eigenvalue weighted by Crippen LogP contribution is 2.39. The quantitative estimate of drug-likeness (QED) is 0.0432. The normalized spacial score (nSPS) is 26.0. The van der Waals surface area contributed by atoms with E-state index in [9.17, 15) is 48.6 Å². The maximum absolute atomic E-state index is 14.6. The van der Waals surface area contributed by atoms with Gasteiger partial charge in [-0.05, 0) is 152 Å². The van der Waals surface area contributed by atoms with Crippen molar-refractivity contribution in [3.8, 4) is 23.0 Å². The molecule has 83 heavy (non-hydrogen) atoms. The predicted molar refractivity (Wildman–Crippen MR) is 304 cm³/mol. The summed E-state index contributed by atoms with van der Waals surface area (Å²) in [5.74, 6) is -3.28. The fourth-order valence-electron chi connectivity index (χ4n) is 11.9. The fourth-order valence-corrected chi connectivity index (χ4v) is 11.9. The number of methoxy groups -OCH3 is 2. The van der Waals surface area contributed by atoms with Crippen molar-refractivity contribution in [3.05, 3.63) is 59.2 Å². The van der Waals surface area contributed by atoms with Gasteiger partial charge < -0.3 is 65.8 Å². The molecule has 0 aromatic heterocycles. The Hall–Kier alpha value is -6.42. The Morgan fingerprint density at radius 3 is 1.37 bits per heavy atom. The lowest BCUT2D eigenvalue weighted by molar-refractivity contribution is -0.135. The van der Waals surface area contributed by atoms with Gasteiger partial charge in [0, 0.05) is 24.7 Å². The minimum Gasteiger partial charge on any atom is -0.493 e. The molecule has 8 N–H and O–H groups in total. The van der Waals surface area contributed by atoms with E-state index in [4.69, 9.17) is 23.7 Å². The smallest absolute Gasteiger partial charge is 0.243 e. The number of epoxide rings is 2. The number of carbonyl (C=O) groups excluding carboxylic acids is 8. The average molecular weight is 1160 g/mol. The number of aliphatic hydroxyl groups is 2. The second-order valence-corrected chi connectivity index (χ2v) is 24.3. The van der Waals surface area contributed by atoms with Crippen LogP contribution in [-0.4, -0.2) is 144 Å². The number of allylic oxidation sites excluding steroid dienone is 1. The number of nitrogens with one attached hydrogen (secondary N) is 6. The van der Waals surface area contributed by atoms with Crippen molar-refractivity contribution in [2.45, 2.75) is 209 Å². The molecule has 2 heterocycles. The molecule has 2 aromatic rings. The summed E-state index contributed by atoms with van der Waals surface area (Å²) in [5, 5.41) is 37.2. The van der Waals surface area contributed by atoms with E-state index in [1.165, 1.54) is 28.1 Å². The third kappa shape index (κ3) is 16.9. The molecule has 5 fully saturated rings. The molecule has 4 aliphatic carbocycles. The van der Waals surface area contributed by atoms with E-state index < -0.39 is 83.3 Å². The van der Waals surface area contributed by atoms with Crippen LogP contribution in [0.15, 0.2) is 48.0 Å². The van der Waals surface area contributed by atoms with Crippen molar-refractivity contribution in [1.82, 2.24) is 31.9 Å². The average Bonchev–Trinajstić information content (AvgIpc) is 4.46. The van der Waals surface area contributed by atoms with Gasteiger partial charge in [0.25, 0.3) is 0 Å². The molecule has 3 saturated carbocycles. The summed E-state index contributed by atoms with van der Waals surface area (Å²) in [4.78, 5) is 112. The summed E-state index contributed by atoms with van der Waals surface area (Å²) in [7, 11) is 2.90. The van der Waals surface area contributed by atoms with Crippen molar-refractivity contribution in [3.63, 3.8) is 0 Å². The SMILES string of the molecule is COc1ccc(CC(NC(=O)C(C)NC(=O)C2CCC(O)CC2)C(=O)NC(CC2=CCCC2)C(=O)C2(C)CO2)cc1Oc1cc(CC(NC(=O)C(C)NC(=O)C2CCC(O)CC2)C(=O)NC(CC2CCCC2)C(=O)C2(C)CO2)ccc1OC. The molecular formula is C62H86N6O15. The minimum atomic E-state index is -1.27. The van der Waals surface area contributed by atoms with Crippen LogP contribution in [0.25, 0.3) is 0 Å². The molecule has 0 spiro atoms. The van der Waals surface area contributed by atoms with E-state index in [-0.39, 0.29) is 96.6 Å². The van der Waals surface area contributed by atoms with Gasteiger partial charge in [-0.15, -0.1) is 0 Å². The summed E-state index contributed by atoms with van der Waals surface area (Å²) in [6.07, 6.45) is 12.0. The largest absolute Gasteiger partial charge is 0.493 e. The summed E-state index contributed by atoms with van der Waals surface area (Å²) in [5.41, 5.74) is -0.0194. The molecule has 21 heteroatoms. The highest BCUT2D eigenvalue weighted by molar-refractivity contribution is 6.00. The summed E-state index contributed by atoms with van der Waals surface area (Å²) in [6, 6.07) is 3.53. The number of hydrogen-bond acceptors (Lipinski definition) is 15. The lowest BCUT2D eigenvalue weighted by atomic mass is 9.87. The van der Waals surface area contributed by atoms with Crippen LogP contribution in [0.2, 0.25) is 0 Å². The van der Waals surface area contributed by atoms with Gasteiger partial charge >= 0.3 is 0 Å². The number of Topliss-reactive ketones (excluding diaryl/α,β-unsaturated/α-hetero) is 2. The minimum absolute atomic E-state index is 0.0976. The van der Waals surface area contributed by atoms with Crippen LogP contribution in [0.1, 0.15) is 148 Å². The molecule has 2 aliphatic heterocycles. The molecule has 0 bridgehead atoms. The van der Waals surface area contributed by atoms with Gasteiger partial charge in [-0.1, -0.05) is 49.5 Å². The molecule has 8 unspecified atom stereocenters. The van der Waals surface area contributed by atoms with Crippen LogP contribution < -0.4 is 46.1 Å². The highest BCUT2D eigenvalue weighted by atomic mass is 16.6. The molecule has 8 atom stereocenters. The molecule has 454 valence electrons. The summed E-state index contributed by atoms with van der Waals surface area (Å²) < 4.78 is 29.2. The van der Waals surface area contributed by atoms with Gasteiger partial charge in [-0.25, -0.2) is 0 Å². The number of ketones is 2. The fraction of sp³-hybridized carbons (Fsp3) is 0.645. The van der Waals surface area contributed by atoms with Gasteiger partial charge in [-0.2, -0.15) is 0 Å². The molecule has 8 rings (SSSR count). The van der Waals surface area contributed by atoms with Crippen molar-refractivity contribution in [2.24, 2.45) is 17.8 Å². The second-order valence-electron chi connectivity index (χ2n) is 24.3. The van der Waals surface area contributed by atoms with Crippen molar-refractivity contribution in [1.29, 1.82) is 0 Å². The van der Waals surface area contributed by atoms with Gasteiger partial charge in [0.15, 0.2) is 34.6 Å². The molecule has 2 aromatic carbocycles. The van der Waals surface area contributed by atoms with E-state index in [1.807, 2.05) is 0 Å². The maximum atomic E-state index is 14.6. The Morgan fingerprint density at radius 2 is 0.964 bits per heavy atom. The molecule has 21 nitrogen and oxygen atoms in total. The number of aliphatic hydroxyl groups excluding tert-OH is 2. The van der Waals surface area contributed by atoms with E-state index in [2.05, 4.69) is 38.0 Å². The molecule has 6 aliphatic rings. The Bertz CT molecular complexity index is 2720. The second kappa shape index (κ2) is 28.0. The van der Waals surface area contributed by atoms with Crippen LogP contribution in [-0.2, 0) is 60.7 Å². The molecule has 2 saturated heterocycles. The van der Waals surface area contributed by atoms with E-state index in [0.29, 0.717) is 68.9 Å². The van der Waals surface area contributed by atoms with Gasteiger partial charge in [0.2, 0.25) is 35.4 Å². The zero-order chi connectivity index (χ0) is 59.6. The van der Waals surface area contributed by atoms with Crippen LogP contribution in [0.4, 0.5) is 0 Å². The zero-order valence-corrected chi connectivity index (χ0v) is 48.9. The first-order chi connectivity index (χ1) is 39.6. The summed E-state index contributed by atoms with van der Waals surface area (Å²) in [6.45, 7) is 6.90. The monoisotopic (exact) mass is 1150 g/mol. The number of amides is 6. The Kier molecular flexibility index (Phi) is 21.1. The highest BCUT2D eigenvalue weighted by Gasteiger charge is 2.52. The third-order valence-corrected chi connectivity index (χ3v) is 17.6. The van der Waals surface area contributed by atoms with E-state index in [0.717, 1.165) is 50.5 Å². The Morgan fingerprint density at radius 1 is 0.542 bits per heavy atom. The third-order valence-electron chi connectivity index (χ3n) is 17.6. The van der Waals surface area contributed by atoms with Gasteiger partial charge in [0.1, 0.15) is 35.4 Å². The molecule has 6 amide bonds. The van der Waals surface area contributed by atoms with E-state index >= 15 is 0 Å². The first kappa shape index (κ1) is 62.6. The van der Waals surface area contributed by atoms with Crippen LogP contribution in [0.3, 0.4) is 0 Å². The van der Waals surface area contributed by atoms with Crippen LogP contribution >= 0.6 is 0 Å². The first-order valence-corrected chi connectivity index (χ1v) is 29.9. The van der Waals surface area contributed by atoms with Gasteiger partial charge in [0.05, 0.1) is 51.7 Å². The van der Waals surface area contributed by atoms with Crippen molar-refractivity contribution >= 4 is 47.0 Å². The molecule has 0 radical (unpaired) electrons. The first-order valence-electron chi connectivity index (χ1n) is 29.9. The van der Waals surface area contributed by atoms with E-state index in [1.54, 1.807) is 50.2 Å². The van der Waals surface area contributed by atoms with Crippen molar-refractivity contribution in [2.75, 3.05) is 27.4 Å². The molecular weight excluding hydrogens is 1070 g/mol.